The number of likely N-dealkylation sites (tertiary alicyclic amines) is 1. The number of carbonyl (C=O) groups excluding carboxylic acids is 1. The second-order valence-electron chi connectivity index (χ2n) is 5.41. The molecule has 1 N–H and O–H groups in total. The van der Waals surface area contributed by atoms with Crippen LogP contribution in [0.4, 0.5) is 0 Å². The van der Waals surface area contributed by atoms with Crippen LogP contribution >= 0.6 is 0 Å². The molecule has 0 aromatic heterocycles. The number of benzene rings is 1. The Morgan fingerprint density at radius 1 is 1.32 bits per heavy atom. The highest BCUT2D eigenvalue weighted by molar-refractivity contribution is 5.89. The fraction of sp³-hybridized carbons (Fsp3) is 0.500. The third-order valence-corrected chi connectivity index (χ3v) is 4.11. The molecular formula is C16H21NO5. The molecule has 0 aliphatic carbocycles. The molecule has 0 radical (unpaired) electrons. The summed E-state index contributed by atoms with van der Waals surface area (Å²) in [6.07, 6.45) is 1.18. The van der Waals surface area contributed by atoms with Gasteiger partial charge in [0.1, 0.15) is 5.75 Å². The Morgan fingerprint density at radius 2 is 2.05 bits per heavy atom. The van der Waals surface area contributed by atoms with Crippen molar-refractivity contribution in [3.8, 4) is 5.75 Å². The molecule has 1 aliphatic rings. The highest BCUT2D eigenvalue weighted by Crippen LogP contribution is 2.31. The number of carboxylic acid groups (broad SMARTS) is 1. The molecule has 120 valence electrons. The Morgan fingerprint density at radius 3 is 2.68 bits per heavy atom. The summed E-state index contributed by atoms with van der Waals surface area (Å²) in [5, 5.41) is 9.58. The van der Waals surface area contributed by atoms with Crippen molar-refractivity contribution < 1.29 is 24.2 Å². The van der Waals surface area contributed by atoms with Crippen LogP contribution in [0.2, 0.25) is 0 Å². The van der Waals surface area contributed by atoms with Crippen LogP contribution in [0, 0.1) is 0 Å². The first-order chi connectivity index (χ1) is 10.5. The number of para-hydroxylation sites is 1. The zero-order chi connectivity index (χ0) is 16.2. The summed E-state index contributed by atoms with van der Waals surface area (Å²) in [6, 6.07) is 7.25. The van der Waals surface area contributed by atoms with Gasteiger partial charge in [0.2, 0.25) is 5.91 Å². The number of ether oxygens (including phenoxy) is 2. The van der Waals surface area contributed by atoms with E-state index in [1.165, 1.54) is 12.0 Å². The lowest BCUT2D eigenvalue weighted by Gasteiger charge is -2.34. The summed E-state index contributed by atoms with van der Waals surface area (Å²) in [5.41, 5.74) is -0.507. The van der Waals surface area contributed by atoms with Crippen LogP contribution in [-0.2, 0) is 20.7 Å². The lowest BCUT2D eigenvalue weighted by molar-refractivity contribution is -0.160. The predicted molar refractivity (Wildman–Crippen MR) is 79.9 cm³/mol. The van der Waals surface area contributed by atoms with E-state index in [1.54, 1.807) is 13.2 Å². The van der Waals surface area contributed by atoms with Crippen molar-refractivity contribution in [1.82, 2.24) is 4.90 Å². The van der Waals surface area contributed by atoms with E-state index in [1.807, 2.05) is 18.2 Å². The molecule has 1 aromatic rings. The molecule has 1 atom stereocenters. The smallest absolute Gasteiger partial charge is 0.332 e. The number of carboxylic acids is 1. The first-order valence-corrected chi connectivity index (χ1v) is 7.20. The van der Waals surface area contributed by atoms with Crippen LogP contribution in [0.25, 0.3) is 0 Å². The van der Waals surface area contributed by atoms with E-state index in [9.17, 15) is 14.7 Å². The minimum atomic E-state index is -1.26. The monoisotopic (exact) mass is 307 g/mol. The van der Waals surface area contributed by atoms with Gasteiger partial charge in [0.25, 0.3) is 0 Å². The van der Waals surface area contributed by atoms with Crippen molar-refractivity contribution in [3.63, 3.8) is 0 Å². The molecule has 6 nitrogen and oxygen atoms in total. The van der Waals surface area contributed by atoms with E-state index in [0.717, 1.165) is 5.56 Å². The summed E-state index contributed by atoms with van der Waals surface area (Å²) in [7, 11) is 3.00. The van der Waals surface area contributed by atoms with Gasteiger partial charge < -0.3 is 19.5 Å². The van der Waals surface area contributed by atoms with Gasteiger partial charge in [0.05, 0.1) is 20.1 Å². The minimum absolute atomic E-state index is 0.00000205. The SMILES string of the molecule is COCC1(C(=O)O)CCCN1C(=O)Cc1ccccc1OC. The van der Waals surface area contributed by atoms with E-state index >= 15 is 0 Å². The van der Waals surface area contributed by atoms with Crippen molar-refractivity contribution in [2.45, 2.75) is 24.8 Å². The molecule has 1 saturated heterocycles. The molecule has 1 heterocycles. The molecule has 1 unspecified atom stereocenters. The van der Waals surface area contributed by atoms with Crippen LogP contribution in [0.1, 0.15) is 18.4 Å². The maximum atomic E-state index is 12.6. The Labute approximate surface area is 129 Å². The number of methoxy groups -OCH3 is 2. The molecule has 6 heteroatoms. The normalized spacial score (nSPS) is 20.9. The van der Waals surface area contributed by atoms with Gasteiger partial charge in [0.15, 0.2) is 5.54 Å². The largest absolute Gasteiger partial charge is 0.496 e. The molecule has 1 aliphatic heterocycles. The van der Waals surface area contributed by atoms with E-state index in [2.05, 4.69) is 0 Å². The van der Waals surface area contributed by atoms with Crippen molar-refractivity contribution in [3.05, 3.63) is 29.8 Å². The Kier molecular flexibility index (Phi) is 5.03. The number of amides is 1. The van der Waals surface area contributed by atoms with Crippen molar-refractivity contribution >= 4 is 11.9 Å². The van der Waals surface area contributed by atoms with Gasteiger partial charge in [-0.3, -0.25) is 4.79 Å². The van der Waals surface area contributed by atoms with Crippen molar-refractivity contribution in [2.75, 3.05) is 27.4 Å². The first kappa shape index (κ1) is 16.3. The zero-order valence-corrected chi connectivity index (χ0v) is 12.9. The molecular weight excluding hydrogens is 286 g/mol. The quantitative estimate of drug-likeness (QED) is 0.858. The molecule has 22 heavy (non-hydrogen) atoms. The van der Waals surface area contributed by atoms with Gasteiger partial charge in [-0.05, 0) is 18.9 Å². The first-order valence-electron chi connectivity index (χ1n) is 7.20. The summed E-state index contributed by atoms with van der Waals surface area (Å²) < 4.78 is 10.3. The van der Waals surface area contributed by atoms with E-state index < -0.39 is 11.5 Å². The third kappa shape index (κ3) is 2.92. The van der Waals surface area contributed by atoms with Crippen molar-refractivity contribution in [1.29, 1.82) is 0 Å². The van der Waals surface area contributed by atoms with E-state index in [0.29, 0.717) is 25.1 Å². The number of rotatable bonds is 6. The highest BCUT2D eigenvalue weighted by Gasteiger charge is 2.50. The molecule has 1 amide bonds. The van der Waals surface area contributed by atoms with Gasteiger partial charge in [0, 0.05) is 19.2 Å². The third-order valence-electron chi connectivity index (χ3n) is 4.11. The summed E-state index contributed by atoms with van der Waals surface area (Å²) in [5.74, 6) is -0.607. The second-order valence-corrected chi connectivity index (χ2v) is 5.41. The predicted octanol–water partition coefficient (Wildman–Crippen LogP) is 1.33. The maximum Gasteiger partial charge on any atom is 0.332 e. The average Bonchev–Trinajstić information content (AvgIpc) is 2.93. The standard InChI is InChI=1S/C16H21NO5/c1-21-11-16(15(19)20)8-5-9-17(16)14(18)10-12-6-3-4-7-13(12)22-2/h3-4,6-7H,5,8-11H2,1-2H3,(H,19,20). The summed E-state index contributed by atoms with van der Waals surface area (Å²) >= 11 is 0. The maximum absolute atomic E-state index is 12.6. The van der Waals surface area contributed by atoms with Gasteiger partial charge in [-0.25, -0.2) is 4.79 Å². The fourth-order valence-electron chi connectivity index (χ4n) is 3.02. The minimum Gasteiger partial charge on any atom is -0.496 e. The molecule has 0 spiro atoms. The fourth-order valence-corrected chi connectivity index (χ4v) is 3.02. The topological polar surface area (TPSA) is 76.1 Å². The van der Waals surface area contributed by atoms with E-state index in [4.69, 9.17) is 9.47 Å². The summed E-state index contributed by atoms with van der Waals surface area (Å²) in [4.78, 5) is 25.8. The van der Waals surface area contributed by atoms with Gasteiger partial charge in [-0.15, -0.1) is 0 Å². The molecule has 0 saturated carbocycles. The Hall–Kier alpha value is -2.08. The van der Waals surface area contributed by atoms with Gasteiger partial charge in [-0.2, -0.15) is 0 Å². The zero-order valence-electron chi connectivity index (χ0n) is 12.9. The van der Waals surface area contributed by atoms with Crippen molar-refractivity contribution in [2.24, 2.45) is 0 Å². The van der Waals surface area contributed by atoms with Crippen LogP contribution in [-0.4, -0.2) is 54.8 Å². The number of aliphatic carboxylic acids is 1. The van der Waals surface area contributed by atoms with Crippen LogP contribution in [0.5, 0.6) is 5.75 Å². The lowest BCUT2D eigenvalue weighted by Crippen LogP contribution is -2.56. The Bertz CT molecular complexity index is 559. The van der Waals surface area contributed by atoms with Gasteiger partial charge in [-0.1, -0.05) is 18.2 Å². The number of hydrogen-bond acceptors (Lipinski definition) is 4. The molecule has 0 bridgehead atoms. The van der Waals surface area contributed by atoms with E-state index in [-0.39, 0.29) is 18.9 Å². The summed E-state index contributed by atoms with van der Waals surface area (Å²) in [6.45, 7) is 0.434. The average molecular weight is 307 g/mol. The molecule has 1 fully saturated rings. The number of hydrogen-bond donors (Lipinski definition) is 1. The molecule has 1 aromatic carbocycles. The number of carbonyl (C=O) groups is 2. The van der Waals surface area contributed by atoms with Crippen LogP contribution in [0.3, 0.4) is 0 Å². The highest BCUT2D eigenvalue weighted by atomic mass is 16.5. The molecule has 2 rings (SSSR count). The lowest BCUT2D eigenvalue weighted by atomic mass is 9.96. The Balaban J connectivity index is 2.22. The number of nitrogens with zero attached hydrogens (tertiary/aromatic N) is 1. The van der Waals surface area contributed by atoms with Crippen LogP contribution in [0.15, 0.2) is 24.3 Å². The van der Waals surface area contributed by atoms with Crippen LogP contribution < -0.4 is 4.74 Å². The van der Waals surface area contributed by atoms with Gasteiger partial charge >= 0.3 is 5.97 Å². The second kappa shape index (κ2) is 6.79.